The Morgan fingerprint density at radius 2 is 1.86 bits per heavy atom. The molecule has 2 rings (SSSR count). The van der Waals surface area contributed by atoms with Crippen molar-refractivity contribution in [1.29, 1.82) is 0 Å². The average Bonchev–Trinajstić information content (AvgIpc) is 2.05. The molecule has 0 radical (unpaired) electrons. The Balaban J connectivity index is 2.32. The van der Waals surface area contributed by atoms with Crippen LogP contribution in [0.3, 0.4) is 0 Å². The van der Waals surface area contributed by atoms with Gasteiger partial charge in [0.25, 0.3) is 0 Å². The maximum atomic E-state index is 9.22. The lowest BCUT2D eigenvalue weighted by Crippen LogP contribution is -2.44. The van der Waals surface area contributed by atoms with Gasteiger partial charge in [-0.2, -0.15) is 0 Å². The van der Waals surface area contributed by atoms with Crippen molar-refractivity contribution in [3.8, 4) is 5.75 Å². The molecule has 0 aromatic heterocycles. The molecule has 1 aromatic carbocycles. The molecule has 1 aromatic rings. The van der Waals surface area contributed by atoms with Crippen LogP contribution in [0.15, 0.2) is 24.3 Å². The summed E-state index contributed by atoms with van der Waals surface area (Å²) in [5.41, 5.74) is 1.34. The van der Waals surface area contributed by atoms with Gasteiger partial charge in [-0.3, -0.25) is 0 Å². The zero-order valence-corrected chi connectivity index (χ0v) is 9.17. The molecule has 1 N–H and O–H groups in total. The van der Waals surface area contributed by atoms with Crippen LogP contribution in [0.4, 0.5) is 0 Å². The fraction of sp³-hybridized carbons (Fsp3) is 0.455. The second-order valence-corrected chi connectivity index (χ2v) is 4.56. The molecule has 0 atom stereocenters. The first kappa shape index (κ1) is 9.87. The first-order valence-electron chi connectivity index (χ1n) is 4.87. The molecule has 1 fully saturated rings. The van der Waals surface area contributed by atoms with Crippen molar-refractivity contribution < 1.29 is 5.11 Å². The third-order valence-corrected chi connectivity index (χ3v) is 3.59. The third-order valence-electron chi connectivity index (χ3n) is 3.20. The minimum absolute atomic E-state index is 0.0941. The number of aromatic hydroxyl groups is 1. The van der Waals surface area contributed by atoms with Crippen LogP contribution in [0.2, 0.25) is 0 Å². The summed E-state index contributed by atoms with van der Waals surface area (Å²) in [6.45, 7) is 0. The average molecular weight is 209 g/mol. The van der Waals surface area contributed by atoms with E-state index >= 15 is 0 Å². The van der Waals surface area contributed by atoms with Crippen molar-refractivity contribution in [2.75, 3.05) is 7.05 Å². The number of phenolic OH excluding ortho intramolecular Hbond substituents is 1. The lowest BCUT2D eigenvalue weighted by atomic mass is 9.72. The maximum Gasteiger partial charge on any atom is 0.115 e. The van der Waals surface area contributed by atoms with E-state index in [9.17, 15) is 5.11 Å². The van der Waals surface area contributed by atoms with Crippen LogP contribution in [0.1, 0.15) is 24.8 Å². The largest absolute Gasteiger partial charge is 0.508 e. The minimum Gasteiger partial charge on any atom is -0.508 e. The van der Waals surface area contributed by atoms with Gasteiger partial charge >= 0.3 is 0 Å². The van der Waals surface area contributed by atoms with Gasteiger partial charge in [-0.15, -0.1) is 0 Å². The Morgan fingerprint density at radius 3 is 2.21 bits per heavy atom. The van der Waals surface area contributed by atoms with Gasteiger partial charge in [0.1, 0.15) is 5.75 Å². The van der Waals surface area contributed by atoms with Crippen LogP contribution in [0.5, 0.6) is 5.75 Å². The van der Waals surface area contributed by atoms with Crippen molar-refractivity contribution in [2.24, 2.45) is 0 Å². The summed E-state index contributed by atoms with van der Waals surface area (Å²) in [6.07, 6.45) is 3.56. The lowest BCUT2D eigenvalue weighted by molar-refractivity contribution is 0.118. The molecule has 0 heterocycles. The van der Waals surface area contributed by atoms with E-state index < -0.39 is 0 Å². The van der Waals surface area contributed by atoms with Crippen LogP contribution >= 0.6 is 12.8 Å². The fourth-order valence-electron chi connectivity index (χ4n) is 2.08. The zero-order valence-electron chi connectivity index (χ0n) is 8.27. The zero-order chi connectivity index (χ0) is 10.2. The molecule has 0 spiro atoms. The van der Waals surface area contributed by atoms with Gasteiger partial charge in [-0.1, -0.05) is 24.9 Å². The molecule has 0 saturated heterocycles. The Labute approximate surface area is 90.1 Å². The van der Waals surface area contributed by atoms with Gasteiger partial charge in [-0.05, 0) is 44.0 Å². The predicted octanol–water partition coefficient (Wildman–Crippen LogP) is 2.55. The van der Waals surface area contributed by atoms with Gasteiger partial charge < -0.3 is 5.11 Å². The standard InChI is InChI=1S/C11H15NOS/c1-12(14)11(7-2-8-11)9-3-5-10(13)6-4-9/h3-6,13-14H,2,7-8H2,1H3. The quantitative estimate of drug-likeness (QED) is 0.731. The van der Waals surface area contributed by atoms with E-state index in [0.29, 0.717) is 5.75 Å². The summed E-state index contributed by atoms with van der Waals surface area (Å²) >= 11 is 4.42. The minimum atomic E-state index is 0.0941. The van der Waals surface area contributed by atoms with E-state index in [4.69, 9.17) is 0 Å². The number of rotatable bonds is 2. The number of phenols is 1. The van der Waals surface area contributed by atoms with E-state index in [1.165, 1.54) is 12.0 Å². The highest BCUT2D eigenvalue weighted by atomic mass is 32.1. The van der Waals surface area contributed by atoms with Gasteiger partial charge in [0, 0.05) is 0 Å². The maximum absolute atomic E-state index is 9.22. The molecular weight excluding hydrogens is 194 g/mol. The van der Waals surface area contributed by atoms with Gasteiger partial charge in [0.15, 0.2) is 0 Å². The Bertz CT molecular complexity index is 317. The van der Waals surface area contributed by atoms with E-state index in [-0.39, 0.29) is 5.54 Å². The van der Waals surface area contributed by atoms with Crippen LogP contribution in [0, 0.1) is 0 Å². The highest BCUT2D eigenvalue weighted by Crippen LogP contribution is 2.46. The molecule has 0 unspecified atom stereocenters. The summed E-state index contributed by atoms with van der Waals surface area (Å²) in [6, 6.07) is 7.46. The smallest absolute Gasteiger partial charge is 0.115 e. The monoisotopic (exact) mass is 209 g/mol. The second kappa shape index (κ2) is 3.48. The van der Waals surface area contributed by atoms with Crippen molar-refractivity contribution in [3.63, 3.8) is 0 Å². The first-order valence-corrected chi connectivity index (χ1v) is 5.27. The second-order valence-electron chi connectivity index (χ2n) is 3.96. The van der Waals surface area contributed by atoms with Crippen LogP contribution < -0.4 is 0 Å². The van der Waals surface area contributed by atoms with Crippen molar-refractivity contribution >= 4 is 12.8 Å². The summed E-state index contributed by atoms with van der Waals surface area (Å²) in [4.78, 5) is 0. The molecule has 76 valence electrons. The third kappa shape index (κ3) is 1.41. The van der Waals surface area contributed by atoms with E-state index in [1.807, 2.05) is 23.5 Å². The van der Waals surface area contributed by atoms with E-state index in [0.717, 1.165) is 12.8 Å². The molecule has 2 nitrogen and oxygen atoms in total. The Kier molecular flexibility index (Phi) is 2.45. The first-order chi connectivity index (χ1) is 6.65. The van der Waals surface area contributed by atoms with Crippen LogP contribution in [-0.2, 0) is 5.54 Å². The number of hydrogen-bond donors (Lipinski definition) is 2. The molecule has 1 aliphatic rings. The Morgan fingerprint density at radius 1 is 1.29 bits per heavy atom. The van der Waals surface area contributed by atoms with Gasteiger partial charge in [-0.25, -0.2) is 4.31 Å². The topological polar surface area (TPSA) is 23.5 Å². The molecule has 1 aliphatic carbocycles. The number of hydrogen-bond acceptors (Lipinski definition) is 3. The van der Waals surface area contributed by atoms with E-state index in [1.54, 1.807) is 12.1 Å². The normalized spacial score (nSPS) is 19.4. The summed E-state index contributed by atoms with van der Waals surface area (Å²) in [7, 11) is 2.00. The molecule has 3 heteroatoms. The summed E-state index contributed by atoms with van der Waals surface area (Å²) < 4.78 is 1.99. The molecular formula is C11H15NOS. The van der Waals surface area contributed by atoms with Gasteiger partial charge in [0.05, 0.1) is 5.54 Å². The summed E-state index contributed by atoms with van der Waals surface area (Å²) in [5, 5.41) is 9.22. The molecule has 0 aliphatic heterocycles. The predicted molar refractivity (Wildman–Crippen MR) is 60.4 cm³/mol. The SMILES string of the molecule is CN(S)C1(c2ccc(O)cc2)CCC1. The van der Waals surface area contributed by atoms with Crippen molar-refractivity contribution in [1.82, 2.24) is 4.31 Å². The Hall–Kier alpha value is -0.670. The highest BCUT2D eigenvalue weighted by Gasteiger charge is 2.41. The molecule has 14 heavy (non-hydrogen) atoms. The molecule has 1 saturated carbocycles. The van der Waals surface area contributed by atoms with Crippen LogP contribution in [-0.4, -0.2) is 16.5 Å². The van der Waals surface area contributed by atoms with Gasteiger partial charge in [0.2, 0.25) is 0 Å². The summed E-state index contributed by atoms with van der Waals surface area (Å²) in [5.74, 6) is 0.324. The number of thiol groups is 1. The van der Waals surface area contributed by atoms with Crippen LogP contribution in [0.25, 0.3) is 0 Å². The molecule has 0 bridgehead atoms. The lowest BCUT2D eigenvalue weighted by Gasteiger charge is -2.46. The van der Waals surface area contributed by atoms with Crippen molar-refractivity contribution in [3.05, 3.63) is 29.8 Å². The number of benzene rings is 1. The molecule has 0 amide bonds. The van der Waals surface area contributed by atoms with Crippen molar-refractivity contribution in [2.45, 2.75) is 24.8 Å². The highest BCUT2D eigenvalue weighted by molar-refractivity contribution is 7.77. The van der Waals surface area contributed by atoms with E-state index in [2.05, 4.69) is 12.8 Å². The number of nitrogens with zero attached hydrogens (tertiary/aromatic N) is 1. The fourth-order valence-corrected chi connectivity index (χ4v) is 2.40.